The van der Waals surface area contributed by atoms with E-state index in [1.807, 2.05) is 0 Å². The van der Waals surface area contributed by atoms with Gasteiger partial charge in [-0.1, -0.05) is 11.6 Å². The average molecular weight is 341 g/mol. The van der Waals surface area contributed by atoms with E-state index < -0.39 is 11.9 Å². The highest BCUT2D eigenvalue weighted by Gasteiger charge is 2.33. The van der Waals surface area contributed by atoms with E-state index in [-0.39, 0.29) is 30.8 Å². The van der Waals surface area contributed by atoms with Crippen LogP contribution in [0.1, 0.15) is 29.6 Å². The molecule has 2 heterocycles. The van der Waals surface area contributed by atoms with Crippen LogP contribution in [0.15, 0.2) is 24.3 Å². The van der Waals surface area contributed by atoms with Crippen LogP contribution in [-0.4, -0.2) is 35.1 Å². The fourth-order valence-electron chi connectivity index (χ4n) is 2.81. The van der Waals surface area contributed by atoms with Gasteiger partial charge in [-0.15, -0.1) is 0 Å². The Kier molecular flexibility index (Phi) is 4.10. The van der Waals surface area contributed by atoms with Crippen molar-refractivity contribution in [2.24, 2.45) is 0 Å². The molecular weight excluding hydrogens is 326 g/mol. The maximum atomic E-state index is 13.5. The van der Waals surface area contributed by atoms with Crippen molar-refractivity contribution in [3.8, 4) is 0 Å². The van der Waals surface area contributed by atoms with E-state index in [0.29, 0.717) is 28.9 Å². The first-order valence-electron chi connectivity index (χ1n) is 7.32. The van der Waals surface area contributed by atoms with Crippen molar-refractivity contribution in [3.05, 3.63) is 34.9 Å². The minimum atomic E-state index is -2.71. The standard InChI is InChI=1S/C16H15ClF2N2O2/c17-11-2-3-13-10(8-11)9-12(15(22)23)14(20-13)21-6-1-4-16(18,19)5-7-21/h2-3,8-9H,1,4-7H2,(H,22,23). The van der Waals surface area contributed by atoms with Crippen LogP contribution in [0.4, 0.5) is 14.6 Å². The Morgan fingerprint density at radius 1 is 1.26 bits per heavy atom. The number of pyridine rings is 1. The molecule has 1 aromatic carbocycles. The van der Waals surface area contributed by atoms with Gasteiger partial charge in [0, 0.05) is 36.3 Å². The molecule has 4 nitrogen and oxygen atoms in total. The quantitative estimate of drug-likeness (QED) is 0.889. The van der Waals surface area contributed by atoms with Gasteiger partial charge in [0.05, 0.1) is 5.52 Å². The van der Waals surface area contributed by atoms with E-state index in [1.54, 1.807) is 23.1 Å². The van der Waals surface area contributed by atoms with Gasteiger partial charge in [-0.05, 0) is 30.7 Å². The molecule has 1 aliphatic heterocycles. The zero-order valence-corrected chi connectivity index (χ0v) is 13.0. The Morgan fingerprint density at radius 2 is 2.04 bits per heavy atom. The number of hydrogen-bond donors (Lipinski definition) is 1. The predicted molar refractivity (Wildman–Crippen MR) is 84.7 cm³/mol. The van der Waals surface area contributed by atoms with Crippen molar-refractivity contribution in [2.75, 3.05) is 18.0 Å². The highest BCUT2D eigenvalue weighted by Crippen LogP contribution is 2.32. The lowest BCUT2D eigenvalue weighted by Gasteiger charge is -2.23. The molecule has 0 bridgehead atoms. The fourth-order valence-corrected chi connectivity index (χ4v) is 2.99. The number of alkyl halides is 2. The number of benzene rings is 1. The molecule has 0 spiro atoms. The molecule has 1 N–H and O–H groups in total. The van der Waals surface area contributed by atoms with Crippen LogP contribution in [0.5, 0.6) is 0 Å². The number of hydrogen-bond acceptors (Lipinski definition) is 3. The highest BCUT2D eigenvalue weighted by molar-refractivity contribution is 6.31. The molecule has 0 atom stereocenters. The van der Waals surface area contributed by atoms with Gasteiger partial charge >= 0.3 is 5.97 Å². The summed E-state index contributed by atoms with van der Waals surface area (Å²) in [6, 6.07) is 6.49. The van der Waals surface area contributed by atoms with Crippen LogP contribution in [-0.2, 0) is 0 Å². The zero-order valence-electron chi connectivity index (χ0n) is 12.2. The second kappa shape index (κ2) is 5.92. The molecule has 122 valence electrons. The zero-order chi connectivity index (χ0) is 16.6. The Bertz CT molecular complexity index is 767. The molecule has 0 radical (unpaired) electrons. The molecule has 3 rings (SSSR count). The van der Waals surface area contributed by atoms with Gasteiger partial charge in [0.25, 0.3) is 0 Å². The Morgan fingerprint density at radius 3 is 2.78 bits per heavy atom. The van der Waals surface area contributed by atoms with Crippen LogP contribution in [0.25, 0.3) is 10.9 Å². The van der Waals surface area contributed by atoms with Crippen LogP contribution in [0.3, 0.4) is 0 Å². The third kappa shape index (κ3) is 3.37. The first kappa shape index (κ1) is 15.9. The molecule has 0 aliphatic carbocycles. The van der Waals surface area contributed by atoms with Gasteiger partial charge in [0.1, 0.15) is 11.4 Å². The lowest BCUT2D eigenvalue weighted by atomic mass is 10.1. The topological polar surface area (TPSA) is 53.4 Å². The fraction of sp³-hybridized carbons (Fsp3) is 0.375. The number of nitrogens with zero attached hydrogens (tertiary/aromatic N) is 2. The van der Waals surface area contributed by atoms with Crippen LogP contribution < -0.4 is 4.90 Å². The van der Waals surface area contributed by atoms with Gasteiger partial charge in [0.2, 0.25) is 5.92 Å². The summed E-state index contributed by atoms with van der Waals surface area (Å²) in [5.74, 6) is -3.60. The lowest BCUT2D eigenvalue weighted by molar-refractivity contribution is -0.0102. The number of carboxylic acids is 1. The molecule has 23 heavy (non-hydrogen) atoms. The third-order valence-corrected chi connectivity index (χ3v) is 4.24. The minimum absolute atomic E-state index is 0.00461. The Labute approximate surface area is 136 Å². The second-order valence-electron chi connectivity index (χ2n) is 5.70. The van der Waals surface area contributed by atoms with E-state index >= 15 is 0 Å². The summed E-state index contributed by atoms with van der Waals surface area (Å²) in [6.07, 6.45) is -0.187. The van der Waals surface area contributed by atoms with Gasteiger partial charge in [-0.2, -0.15) is 0 Å². The maximum Gasteiger partial charge on any atom is 0.339 e. The van der Waals surface area contributed by atoms with Gasteiger partial charge in [-0.25, -0.2) is 18.6 Å². The first-order chi connectivity index (χ1) is 10.9. The summed E-state index contributed by atoms with van der Waals surface area (Å²) in [7, 11) is 0. The van der Waals surface area contributed by atoms with E-state index in [9.17, 15) is 18.7 Å². The summed E-state index contributed by atoms with van der Waals surface area (Å²) in [6.45, 7) is 0.446. The number of halogens is 3. The summed E-state index contributed by atoms with van der Waals surface area (Å²) >= 11 is 5.92. The lowest BCUT2D eigenvalue weighted by Crippen LogP contribution is -2.28. The highest BCUT2D eigenvalue weighted by atomic mass is 35.5. The summed E-state index contributed by atoms with van der Waals surface area (Å²) in [5.41, 5.74) is 0.593. The van der Waals surface area contributed by atoms with Gasteiger partial charge in [0.15, 0.2) is 0 Å². The van der Waals surface area contributed by atoms with Crippen LogP contribution in [0.2, 0.25) is 5.02 Å². The molecule has 0 amide bonds. The van der Waals surface area contributed by atoms with E-state index in [0.717, 1.165) is 0 Å². The summed E-state index contributed by atoms with van der Waals surface area (Å²) in [4.78, 5) is 17.6. The van der Waals surface area contributed by atoms with Crippen LogP contribution >= 0.6 is 11.6 Å². The number of rotatable bonds is 2. The average Bonchev–Trinajstić information content (AvgIpc) is 2.66. The monoisotopic (exact) mass is 340 g/mol. The second-order valence-corrected chi connectivity index (χ2v) is 6.13. The third-order valence-electron chi connectivity index (χ3n) is 4.00. The summed E-state index contributed by atoms with van der Waals surface area (Å²) in [5, 5.41) is 10.5. The molecule has 1 aliphatic rings. The SMILES string of the molecule is O=C(O)c1cc2cc(Cl)ccc2nc1N1CCCC(F)(F)CC1. The van der Waals surface area contributed by atoms with E-state index in [2.05, 4.69) is 4.98 Å². The Balaban J connectivity index is 2.06. The maximum absolute atomic E-state index is 13.5. The number of carbonyl (C=O) groups is 1. The summed E-state index contributed by atoms with van der Waals surface area (Å²) < 4.78 is 27.1. The largest absolute Gasteiger partial charge is 0.478 e. The van der Waals surface area contributed by atoms with Crippen molar-refractivity contribution in [3.63, 3.8) is 0 Å². The minimum Gasteiger partial charge on any atom is -0.478 e. The number of aromatic nitrogens is 1. The predicted octanol–water partition coefficient (Wildman–Crippen LogP) is 4.21. The first-order valence-corrected chi connectivity index (χ1v) is 7.70. The molecule has 7 heteroatoms. The van der Waals surface area contributed by atoms with Crippen molar-refractivity contribution >= 4 is 34.3 Å². The normalized spacial score (nSPS) is 18.0. The van der Waals surface area contributed by atoms with Gasteiger partial charge < -0.3 is 10.0 Å². The number of aromatic carboxylic acids is 1. The molecule has 1 aromatic heterocycles. The van der Waals surface area contributed by atoms with Crippen molar-refractivity contribution in [1.82, 2.24) is 4.98 Å². The number of fused-ring (bicyclic) bond motifs is 1. The molecule has 1 saturated heterocycles. The molecular formula is C16H15ClF2N2O2. The van der Waals surface area contributed by atoms with Crippen molar-refractivity contribution in [2.45, 2.75) is 25.2 Å². The van der Waals surface area contributed by atoms with E-state index in [1.165, 1.54) is 6.07 Å². The smallest absolute Gasteiger partial charge is 0.339 e. The number of anilines is 1. The number of carboxylic acid groups (broad SMARTS) is 1. The van der Waals surface area contributed by atoms with Crippen LogP contribution in [0, 0.1) is 0 Å². The van der Waals surface area contributed by atoms with Crippen molar-refractivity contribution in [1.29, 1.82) is 0 Å². The molecule has 1 fully saturated rings. The van der Waals surface area contributed by atoms with E-state index in [4.69, 9.17) is 11.6 Å². The van der Waals surface area contributed by atoms with Crippen molar-refractivity contribution < 1.29 is 18.7 Å². The Hall–Kier alpha value is -1.95. The van der Waals surface area contributed by atoms with Gasteiger partial charge in [-0.3, -0.25) is 0 Å². The molecule has 0 saturated carbocycles. The molecule has 0 unspecified atom stereocenters. The molecule has 2 aromatic rings.